The predicted octanol–water partition coefficient (Wildman–Crippen LogP) is 5.13. The zero-order valence-corrected chi connectivity index (χ0v) is 14.1. The molecule has 1 aromatic heterocycles. The molecule has 0 atom stereocenters. The van der Waals surface area contributed by atoms with E-state index < -0.39 is 11.7 Å². The number of nitrogens with zero attached hydrogens (tertiary/aromatic N) is 2. The lowest BCUT2D eigenvalue weighted by Gasteiger charge is -2.09. The Morgan fingerprint density at radius 3 is 2.48 bits per heavy atom. The molecule has 4 nitrogen and oxygen atoms in total. The molecule has 130 valence electrons. The van der Waals surface area contributed by atoms with Gasteiger partial charge in [0.25, 0.3) is 5.91 Å². The van der Waals surface area contributed by atoms with E-state index in [1.54, 1.807) is 48.5 Å². The first kappa shape index (κ1) is 16.6. The molecule has 0 aliphatic rings. The topological polar surface area (TPSA) is 55.0 Å². The van der Waals surface area contributed by atoms with Gasteiger partial charge in [-0.1, -0.05) is 36.4 Å². The molecule has 0 N–H and O–H groups in total. The second-order valence-electron chi connectivity index (χ2n) is 5.91. The van der Waals surface area contributed by atoms with E-state index in [4.69, 9.17) is 4.74 Å². The Morgan fingerprint density at radius 1 is 1.00 bits per heavy atom. The normalized spacial score (nSPS) is 10.5. The summed E-state index contributed by atoms with van der Waals surface area (Å²) >= 11 is 0. The molecule has 1 heterocycles. The average molecular weight is 356 g/mol. The second kappa shape index (κ2) is 6.77. The van der Waals surface area contributed by atoms with Gasteiger partial charge in [0.1, 0.15) is 11.8 Å². The third kappa shape index (κ3) is 3.05. The number of hydrogen-bond donors (Lipinski definition) is 0. The van der Waals surface area contributed by atoms with Crippen LogP contribution in [-0.2, 0) is 0 Å². The summed E-state index contributed by atoms with van der Waals surface area (Å²) < 4.78 is 21.3. The lowest BCUT2D eigenvalue weighted by molar-refractivity contribution is 0.0964. The fraction of sp³-hybridized carbons (Fsp3) is 0. The van der Waals surface area contributed by atoms with E-state index in [1.807, 2.05) is 6.07 Å². The molecule has 0 saturated heterocycles. The van der Waals surface area contributed by atoms with Crippen LogP contribution in [0.4, 0.5) is 4.39 Å². The molecule has 0 aliphatic carbocycles. The van der Waals surface area contributed by atoms with Gasteiger partial charge < -0.3 is 4.74 Å². The van der Waals surface area contributed by atoms with Crippen LogP contribution in [0.15, 0.2) is 79.0 Å². The van der Waals surface area contributed by atoms with Crippen LogP contribution in [-0.4, -0.2) is 10.5 Å². The fourth-order valence-electron chi connectivity index (χ4n) is 2.91. The van der Waals surface area contributed by atoms with Gasteiger partial charge in [-0.25, -0.2) is 4.39 Å². The van der Waals surface area contributed by atoms with Crippen molar-refractivity contribution < 1.29 is 13.9 Å². The van der Waals surface area contributed by atoms with Crippen LogP contribution in [0.3, 0.4) is 0 Å². The van der Waals surface area contributed by atoms with E-state index in [-0.39, 0.29) is 11.3 Å². The van der Waals surface area contributed by atoms with Gasteiger partial charge in [-0.3, -0.25) is 9.36 Å². The summed E-state index contributed by atoms with van der Waals surface area (Å²) in [5.41, 5.74) is 1.16. The Hall–Kier alpha value is -3.91. The molecule has 0 amide bonds. The quantitative estimate of drug-likeness (QED) is 0.511. The number of fused-ring (bicyclic) bond motifs is 1. The number of carbonyl (C=O) groups excluding carboxylic acids is 1. The maximum Gasteiger partial charge on any atom is 0.262 e. The van der Waals surface area contributed by atoms with Crippen molar-refractivity contribution in [1.29, 1.82) is 5.26 Å². The standard InChI is InChI=1S/C22H13FN2O2/c23-19-12-15(10-11-21(19)27-17-6-2-1-3-7-17)22(26)25-14-16(13-24)18-8-4-5-9-20(18)25/h1-12,14H. The van der Waals surface area contributed by atoms with Crippen LogP contribution in [0, 0.1) is 17.1 Å². The lowest BCUT2D eigenvalue weighted by atomic mass is 10.2. The fourth-order valence-corrected chi connectivity index (χ4v) is 2.91. The highest BCUT2D eigenvalue weighted by atomic mass is 19.1. The summed E-state index contributed by atoms with van der Waals surface area (Å²) in [5.74, 6) is -0.516. The minimum Gasteiger partial charge on any atom is -0.454 e. The number of rotatable bonds is 3. The highest BCUT2D eigenvalue weighted by Gasteiger charge is 2.17. The second-order valence-corrected chi connectivity index (χ2v) is 5.91. The average Bonchev–Trinajstić information content (AvgIpc) is 3.08. The summed E-state index contributed by atoms with van der Waals surface area (Å²) in [4.78, 5) is 12.9. The number of carbonyl (C=O) groups is 1. The molecule has 0 spiro atoms. The molecule has 27 heavy (non-hydrogen) atoms. The van der Waals surface area contributed by atoms with Gasteiger partial charge in [0.2, 0.25) is 0 Å². The Kier molecular flexibility index (Phi) is 4.15. The van der Waals surface area contributed by atoms with Crippen molar-refractivity contribution in [2.24, 2.45) is 0 Å². The molecule has 0 saturated carbocycles. The first-order valence-corrected chi connectivity index (χ1v) is 8.25. The van der Waals surface area contributed by atoms with Gasteiger partial charge in [0.15, 0.2) is 11.6 Å². The van der Waals surface area contributed by atoms with Crippen molar-refractivity contribution in [2.75, 3.05) is 0 Å². The molecule has 0 radical (unpaired) electrons. The number of para-hydroxylation sites is 2. The Balaban J connectivity index is 1.69. The monoisotopic (exact) mass is 356 g/mol. The van der Waals surface area contributed by atoms with Crippen molar-refractivity contribution in [3.05, 3.63) is 95.9 Å². The smallest absolute Gasteiger partial charge is 0.262 e. The van der Waals surface area contributed by atoms with Crippen LogP contribution in [0.2, 0.25) is 0 Å². The van der Waals surface area contributed by atoms with Crippen molar-refractivity contribution in [3.63, 3.8) is 0 Å². The zero-order chi connectivity index (χ0) is 18.8. The lowest BCUT2D eigenvalue weighted by Crippen LogP contribution is -2.11. The number of nitriles is 1. The molecule has 0 unspecified atom stereocenters. The predicted molar refractivity (Wildman–Crippen MR) is 99.3 cm³/mol. The van der Waals surface area contributed by atoms with E-state index in [2.05, 4.69) is 6.07 Å². The molecular formula is C22H13FN2O2. The first-order valence-electron chi connectivity index (χ1n) is 8.25. The van der Waals surface area contributed by atoms with E-state index in [0.29, 0.717) is 22.2 Å². The van der Waals surface area contributed by atoms with Crippen LogP contribution in [0.1, 0.15) is 15.9 Å². The van der Waals surface area contributed by atoms with E-state index in [0.717, 1.165) is 6.07 Å². The van der Waals surface area contributed by atoms with Crippen LogP contribution >= 0.6 is 0 Å². The SMILES string of the molecule is N#Cc1cn(C(=O)c2ccc(Oc3ccccc3)c(F)c2)c2ccccc12. The molecular weight excluding hydrogens is 343 g/mol. The van der Waals surface area contributed by atoms with Crippen molar-refractivity contribution in [2.45, 2.75) is 0 Å². The van der Waals surface area contributed by atoms with Crippen LogP contribution in [0.25, 0.3) is 10.9 Å². The van der Waals surface area contributed by atoms with Gasteiger partial charge in [0, 0.05) is 17.1 Å². The van der Waals surface area contributed by atoms with Crippen LogP contribution in [0.5, 0.6) is 11.5 Å². The minimum atomic E-state index is -0.637. The molecule has 0 bridgehead atoms. The first-order chi connectivity index (χ1) is 13.2. The van der Waals surface area contributed by atoms with Gasteiger partial charge >= 0.3 is 0 Å². The van der Waals surface area contributed by atoms with Crippen LogP contribution < -0.4 is 4.74 Å². The molecule has 0 aliphatic heterocycles. The number of benzene rings is 3. The third-order valence-electron chi connectivity index (χ3n) is 4.20. The molecule has 0 fully saturated rings. The van der Waals surface area contributed by atoms with Gasteiger partial charge in [0.05, 0.1) is 11.1 Å². The van der Waals surface area contributed by atoms with Crippen molar-refractivity contribution in [3.8, 4) is 17.6 Å². The van der Waals surface area contributed by atoms with Crippen molar-refractivity contribution >= 4 is 16.8 Å². The number of aromatic nitrogens is 1. The van der Waals surface area contributed by atoms with Gasteiger partial charge in [-0.05, 0) is 36.4 Å². The highest BCUT2D eigenvalue weighted by molar-refractivity contribution is 6.03. The summed E-state index contributed by atoms with van der Waals surface area (Å²) in [6, 6.07) is 22.1. The number of hydrogen-bond acceptors (Lipinski definition) is 3. The van der Waals surface area contributed by atoms with Gasteiger partial charge in [-0.15, -0.1) is 0 Å². The zero-order valence-electron chi connectivity index (χ0n) is 14.1. The molecule has 4 rings (SSSR count). The van der Waals surface area contributed by atoms with E-state index in [9.17, 15) is 14.4 Å². The van der Waals surface area contributed by atoms with E-state index >= 15 is 0 Å². The maximum atomic E-state index is 14.5. The minimum absolute atomic E-state index is 0.0350. The maximum absolute atomic E-state index is 14.5. The van der Waals surface area contributed by atoms with Gasteiger partial charge in [-0.2, -0.15) is 5.26 Å². The number of ether oxygens (including phenoxy) is 1. The number of halogens is 1. The van der Waals surface area contributed by atoms with E-state index in [1.165, 1.54) is 22.9 Å². The highest BCUT2D eigenvalue weighted by Crippen LogP contribution is 2.26. The molecule has 3 aromatic carbocycles. The summed E-state index contributed by atoms with van der Waals surface area (Å²) in [5, 5.41) is 9.95. The summed E-state index contributed by atoms with van der Waals surface area (Å²) in [6.07, 6.45) is 1.47. The molecule has 5 heteroatoms. The third-order valence-corrected chi connectivity index (χ3v) is 4.20. The Morgan fingerprint density at radius 2 is 1.74 bits per heavy atom. The molecule has 4 aromatic rings. The van der Waals surface area contributed by atoms with Crippen molar-refractivity contribution in [1.82, 2.24) is 4.57 Å². The summed E-state index contributed by atoms with van der Waals surface area (Å²) in [7, 11) is 0. The Labute approximate surface area is 154 Å². The largest absolute Gasteiger partial charge is 0.454 e. The summed E-state index contributed by atoms with van der Waals surface area (Å²) in [6.45, 7) is 0. The Bertz CT molecular complexity index is 1190.